The molecule has 0 atom stereocenters. The lowest BCUT2D eigenvalue weighted by atomic mass is 10.2. The van der Waals surface area contributed by atoms with Crippen LogP contribution in [0.3, 0.4) is 0 Å². The lowest BCUT2D eigenvalue weighted by Gasteiger charge is -2.14. The fourth-order valence-corrected chi connectivity index (χ4v) is 3.94. The number of nitrogens with one attached hydrogen (secondary N) is 1. The highest BCUT2D eigenvalue weighted by Gasteiger charge is 2.13. The van der Waals surface area contributed by atoms with Crippen LogP contribution in [0.15, 0.2) is 65.8 Å². The molecular formula is C27H29IN2O5. The molecule has 0 saturated heterocycles. The van der Waals surface area contributed by atoms with E-state index in [9.17, 15) is 4.79 Å². The molecule has 184 valence electrons. The van der Waals surface area contributed by atoms with Crippen molar-refractivity contribution in [1.82, 2.24) is 5.43 Å². The Morgan fingerprint density at radius 3 is 2.49 bits per heavy atom. The molecule has 0 aliphatic rings. The Morgan fingerprint density at radius 2 is 1.77 bits per heavy atom. The molecule has 3 rings (SSSR count). The monoisotopic (exact) mass is 588 g/mol. The minimum atomic E-state index is -0.364. The van der Waals surface area contributed by atoms with Gasteiger partial charge in [-0.2, -0.15) is 5.10 Å². The number of rotatable bonds is 12. The zero-order valence-electron chi connectivity index (χ0n) is 20.0. The van der Waals surface area contributed by atoms with Crippen molar-refractivity contribution in [2.75, 3.05) is 20.3 Å². The second-order valence-electron chi connectivity index (χ2n) is 7.45. The number of methoxy groups -OCH3 is 1. The van der Waals surface area contributed by atoms with E-state index in [-0.39, 0.29) is 5.91 Å². The van der Waals surface area contributed by atoms with Gasteiger partial charge in [-0.05, 0) is 77.4 Å². The van der Waals surface area contributed by atoms with Gasteiger partial charge in [0.15, 0.2) is 23.0 Å². The second kappa shape index (κ2) is 13.6. The van der Waals surface area contributed by atoms with E-state index in [1.807, 2.05) is 49.4 Å². The third kappa shape index (κ3) is 7.61. The summed E-state index contributed by atoms with van der Waals surface area (Å²) in [5, 5.41) is 4.11. The van der Waals surface area contributed by atoms with Gasteiger partial charge in [-0.25, -0.2) is 5.43 Å². The van der Waals surface area contributed by atoms with Crippen LogP contribution in [0.4, 0.5) is 0 Å². The molecule has 0 bridgehead atoms. The van der Waals surface area contributed by atoms with Crippen molar-refractivity contribution in [1.29, 1.82) is 0 Å². The average molecular weight is 588 g/mol. The predicted molar refractivity (Wildman–Crippen MR) is 145 cm³/mol. The summed E-state index contributed by atoms with van der Waals surface area (Å²) < 4.78 is 23.7. The number of nitrogens with zero attached hydrogens (tertiary/aromatic N) is 1. The molecule has 0 aliphatic carbocycles. The van der Waals surface area contributed by atoms with E-state index in [2.05, 4.69) is 40.0 Å². The molecular weight excluding hydrogens is 559 g/mol. The molecule has 0 fully saturated rings. The summed E-state index contributed by atoms with van der Waals surface area (Å²) in [6.45, 7) is 5.50. The Labute approximate surface area is 219 Å². The van der Waals surface area contributed by atoms with Crippen LogP contribution in [-0.4, -0.2) is 32.4 Å². The second-order valence-corrected chi connectivity index (χ2v) is 8.61. The normalized spacial score (nSPS) is 10.7. The lowest BCUT2D eigenvalue weighted by molar-refractivity contribution is 0.0954. The third-order valence-electron chi connectivity index (χ3n) is 4.82. The van der Waals surface area contributed by atoms with Crippen molar-refractivity contribution >= 4 is 34.7 Å². The molecule has 0 aliphatic heterocycles. The highest BCUT2D eigenvalue weighted by atomic mass is 127. The number of amides is 1. The highest BCUT2D eigenvalue weighted by Crippen LogP contribution is 2.34. The largest absolute Gasteiger partial charge is 0.493 e. The predicted octanol–water partition coefficient (Wildman–Crippen LogP) is 5.83. The molecule has 3 aromatic carbocycles. The summed E-state index contributed by atoms with van der Waals surface area (Å²) in [6, 6.07) is 18.6. The maximum absolute atomic E-state index is 12.6. The standard InChI is InChI=1S/C27H29IN2O5/c1-4-13-34-26-22(28)14-20(15-25(26)33-5-2)17-29-30-27(31)21-11-12-23(24(16-21)32-3)35-18-19-9-7-6-8-10-19/h6-12,14-17H,4-5,13,18H2,1-3H3,(H,30,31)/b29-17+. The fourth-order valence-electron chi connectivity index (χ4n) is 3.16. The lowest BCUT2D eigenvalue weighted by Crippen LogP contribution is -2.17. The van der Waals surface area contributed by atoms with Crippen molar-refractivity contribution in [3.05, 3.63) is 80.9 Å². The fraction of sp³-hybridized carbons (Fsp3) is 0.259. The van der Waals surface area contributed by atoms with Gasteiger partial charge in [-0.3, -0.25) is 4.79 Å². The molecule has 7 nitrogen and oxygen atoms in total. The van der Waals surface area contributed by atoms with Crippen LogP contribution in [-0.2, 0) is 6.61 Å². The molecule has 8 heteroatoms. The molecule has 1 N–H and O–H groups in total. The van der Waals surface area contributed by atoms with Crippen LogP contribution in [0.1, 0.15) is 41.8 Å². The number of hydrazone groups is 1. The van der Waals surface area contributed by atoms with Gasteiger partial charge >= 0.3 is 0 Å². The summed E-state index contributed by atoms with van der Waals surface area (Å²) in [5.41, 5.74) is 4.78. The Morgan fingerprint density at radius 1 is 0.971 bits per heavy atom. The quantitative estimate of drug-likeness (QED) is 0.164. The first kappa shape index (κ1) is 26.3. The van der Waals surface area contributed by atoms with Gasteiger partial charge in [0, 0.05) is 5.56 Å². The number of hydrogen-bond donors (Lipinski definition) is 1. The van der Waals surface area contributed by atoms with Gasteiger partial charge in [0.2, 0.25) is 0 Å². The van der Waals surface area contributed by atoms with Gasteiger partial charge in [-0.15, -0.1) is 0 Å². The summed E-state index contributed by atoms with van der Waals surface area (Å²) >= 11 is 2.21. The number of carbonyl (C=O) groups excluding carboxylic acids is 1. The topological polar surface area (TPSA) is 78.4 Å². The summed E-state index contributed by atoms with van der Waals surface area (Å²) in [5.74, 6) is 2.03. The molecule has 0 radical (unpaired) electrons. The Kier molecular flexibility index (Phi) is 10.2. The van der Waals surface area contributed by atoms with Crippen LogP contribution >= 0.6 is 22.6 Å². The summed E-state index contributed by atoms with van der Waals surface area (Å²) in [7, 11) is 1.54. The van der Waals surface area contributed by atoms with Crippen LogP contribution in [0.5, 0.6) is 23.0 Å². The Bertz CT molecular complexity index is 1150. The van der Waals surface area contributed by atoms with Crippen LogP contribution in [0.2, 0.25) is 0 Å². The molecule has 1 amide bonds. The molecule has 0 saturated carbocycles. The van der Waals surface area contributed by atoms with Crippen molar-refractivity contribution in [3.8, 4) is 23.0 Å². The van der Waals surface area contributed by atoms with Crippen molar-refractivity contribution < 1.29 is 23.7 Å². The zero-order valence-corrected chi connectivity index (χ0v) is 22.2. The number of halogens is 1. The van der Waals surface area contributed by atoms with Crippen molar-refractivity contribution in [3.63, 3.8) is 0 Å². The Hall–Kier alpha value is -3.27. The van der Waals surface area contributed by atoms with E-state index < -0.39 is 0 Å². The van der Waals surface area contributed by atoms with E-state index in [0.717, 1.165) is 26.9 Å². The summed E-state index contributed by atoms with van der Waals surface area (Å²) in [4.78, 5) is 12.6. The smallest absolute Gasteiger partial charge is 0.271 e. The first-order valence-corrected chi connectivity index (χ1v) is 12.4. The van der Waals surface area contributed by atoms with Gasteiger partial charge in [-0.1, -0.05) is 37.3 Å². The molecule has 0 heterocycles. The van der Waals surface area contributed by atoms with Crippen LogP contribution in [0, 0.1) is 3.57 Å². The molecule has 0 aromatic heterocycles. The third-order valence-corrected chi connectivity index (χ3v) is 5.63. The van der Waals surface area contributed by atoms with E-state index in [1.54, 1.807) is 24.4 Å². The van der Waals surface area contributed by atoms with E-state index in [0.29, 0.717) is 42.6 Å². The molecule has 35 heavy (non-hydrogen) atoms. The van der Waals surface area contributed by atoms with Crippen LogP contribution < -0.4 is 24.4 Å². The van der Waals surface area contributed by atoms with Crippen molar-refractivity contribution in [2.45, 2.75) is 26.9 Å². The summed E-state index contributed by atoms with van der Waals surface area (Å²) in [6.07, 6.45) is 2.47. The average Bonchev–Trinajstić information content (AvgIpc) is 2.87. The molecule has 3 aromatic rings. The number of hydrogen-bond acceptors (Lipinski definition) is 6. The van der Waals surface area contributed by atoms with Gasteiger partial charge < -0.3 is 18.9 Å². The van der Waals surface area contributed by atoms with Crippen LogP contribution in [0.25, 0.3) is 0 Å². The van der Waals surface area contributed by atoms with E-state index >= 15 is 0 Å². The Balaban J connectivity index is 1.66. The van der Waals surface area contributed by atoms with Gasteiger partial charge in [0.25, 0.3) is 5.91 Å². The SMILES string of the molecule is CCCOc1c(I)cc(/C=N/NC(=O)c2ccc(OCc3ccccc3)c(OC)c2)cc1OCC. The zero-order chi connectivity index (χ0) is 25.0. The highest BCUT2D eigenvalue weighted by molar-refractivity contribution is 14.1. The van der Waals surface area contributed by atoms with E-state index in [4.69, 9.17) is 18.9 Å². The first-order valence-electron chi connectivity index (χ1n) is 11.3. The molecule has 0 spiro atoms. The molecule has 0 unspecified atom stereocenters. The minimum absolute atomic E-state index is 0.364. The number of benzene rings is 3. The number of carbonyl (C=O) groups is 1. The first-order chi connectivity index (χ1) is 17.0. The van der Waals surface area contributed by atoms with E-state index in [1.165, 1.54) is 7.11 Å². The van der Waals surface area contributed by atoms with Gasteiger partial charge in [0.05, 0.1) is 30.1 Å². The van der Waals surface area contributed by atoms with Gasteiger partial charge in [0.1, 0.15) is 6.61 Å². The minimum Gasteiger partial charge on any atom is -0.493 e. The number of ether oxygens (including phenoxy) is 4. The maximum Gasteiger partial charge on any atom is 0.271 e. The maximum atomic E-state index is 12.6. The van der Waals surface area contributed by atoms with Crippen molar-refractivity contribution in [2.24, 2.45) is 5.10 Å².